The zero-order chi connectivity index (χ0) is 13.9. The maximum Gasteiger partial charge on any atom is 0.324 e. The predicted molar refractivity (Wildman–Crippen MR) is 72.0 cm³/mol. The summed E-state index contributed by atoms with van der Waals surface area (Å²) in [7, 11) is -2.53. The van der Waals surface area contributed by atoms with Crippen molar-refractivity contribution in [2.45, 2.75) is 24.0 Å². The van der Waals surface area contributed by atoms with Crippen LogP contribution in [0.25, 0.3) is 0 Å². The second-order valence-corrected chi connectivity index (χ2v) is 7.17. The second kappa shape index (κ2) is 5.84. The van der Waals surface area contributed by atoms with Crippen LogP contribution in [0.2, 0.25) is 0 Å². The SMILES string of the molecule is COC(=O)C(C(C)C)S(=O)(=O)c1ccc(Br)cc1. The van der Waals surface area contributed by atoms with Gasteiger partial charge in [-0.05, 0) is 30.2 Å². The van der Waals surface area contributed by atoms with Gasteiger partial charge in [0.05, 0.1) is 12.0 Å². The highest BCUT2D eigenvalue weighted by molar-refractivity contribution is 9.10. The summed E-state index contributed by atoms with van der Waals surface area (Å²) < 4.78 is 30.1. The van der Waals surface area contributed by atoms with Gasteiger partial charge in [-0.2, -0.15) is 0 Å². The lowest BCUT2D eigenvalue weighted by atomic mass is 10.1. The van der Waals surface area contributed by atoms with Crippen molar-refractivity contribution in [3.8, 4) is 0 Å². The van der Waals surface area contributed by atoms with Gasteiger partial charge in [-0.1, -0.05) is 29.8 Å². The molecule has 1 atom stereocenters. The molecule has 0 heterocycles. The lowest BCUT2D eigenvalue weighted by Crippen LogP contribution is -2.36. The van der Waals surface area contributed by atoms with E-state index in [-0.39, 0.29) is 10.8 Å². The number of ether oxygens (including phenoxy) is 1. The fraction of sp³-hybridized carbons (Fsp3) is 0.417. The summed E-state index contributed by atoms with van der Waals surface area (Å²) in [5.74, 6) is -1.08. The van der Waals surface area contributed by atoms with E-state index in [2.05, 4.69) is 20.7 Å². The molecular formula is C12H15BrO4S. The number of rotatable bonds is 4. The first-order valence-corrected chi connectivity index (χ1v) is 7.72. The molecule has 100 valence electrons. The maximum absolute atomic E-state index is 12.4. The van der Waals surface area contributed by atoms with E-state index < -0.39 is 21.1 Å². The molecule has 4 nitrogen and oxygen atoms in total. The van der Waals surface area contributed by atoms with Gasteiger partial charge in [-0.3, -0.25) is 4.79 Å². The number of sulfone groups is 1. The normalized spacial score (nSPS) is 13.4. The minimum absolute atomic E-state index is 0.120. The molecule has 0 amide bonds. The van der Waals surface area contributed by atoms with Crippen LogP contribution in [0.15, 0.2) is 33.6 Å². The Kier molecular flexibility index (Phi) is 4.92. The summed E-state index contributed by atoms with van der Waals surface area (Å²) in [5.41, 5.74) is 0. The number of benzene rings is 1. The summed E-state index contributed by atoms with van der Waals surface area (Å²) in [4.78, 5) is 11.7. The summed E-state index contributed by atoms with van der Waals surface area (Å²) in [6.45, 7) is 3.36. The molecule has 0 spiro atoms. The molecule has 0 N–H and O–H groups in total. The van der Waals surface area contributed by atoms with Gasteiger partial charge in [0, 0.05) is 4.47 Å². The van der Waals surface area contributed by atoms with Crippen LogP contribution in [0.1, 0.15) is 13.8 Å². The molecule has 0 bridgehead atoms. The molecule has 0 aliphatic heterocycles. The van der Waals surface area contributed by atoms with E-state index in [4.69, 9.17) is 0 Å². The van der Waals surface area contributed by atoms with E-state index in [0.717, 1.165) is 4.47 Å². The summed E-state index contributed by atoms with van der Waals surface area (Å²) in [5, 5.41) is -1.18. The summed E-state index contributed by atoms with van der Waals surface area (Å²) >= 11 is 3.23. The van der Waals surface area contributed by atoms with Crippen molar-refractivity contribution in [2.24, 2.45) is 5.92 Å². The van der Waals surface area contributed by atoms with Crippen LogP contribution in [0.4, 0.5) is 0 Å². The molecular weight excluding hydrogens is 320 g/mol. The van der Waals surface area contributed by atoms with E-state index in [9.17, 15) is 13.2 Å². The van der Waals surface area contributed by atoms with Crippen molar-refractivity contribution in [1.82, 2.24) is 0 Å². The van der Waals surface area contributed by atoms with Crippen LogP contribution >= 0.6 is 15.9 Å². The summed E-state index contributed by atoms with van der Waals surface area (Å²) in [6, 6.07) is 6.19. The smallest absolute Gasteiger partial charge is 0.324 e. The van der Waals surface area contributed by atoms with Gasteiger partial charge in [0.2, 0.25) is 0 Å². The molecule has 6 heteroatoms. The highest BCUT2D eigenvalue weighted by Gasteiger charge is 2.37. The molecule has 0 aromatic heterocycles. The number of esters is 1. The Morgan fingerprint density at radius 3 is 2.11 bits per heavy atom. The Morgan fingerprint density at radius 1 is 1.22 bits per heavy atom. The van der Waals surface area contributed by atoms with Crippen LogP contribution < -0.4 is 0 Å². The lowest BCUT2D eigenvalue weighted by Gasteiger charge is -2.18. The number of carbonyl (C=O) groups is 1. The fourth-order valence-corrected chi connectivity index (χ4v) is 3.78. The zero-order valence-electron chi connectivity index (χ0n) is 10.4. The first-order valence-electron chi connectivity index (χ1n) is 5.38. The van der Waals surface area contributed by atoms with Gasteiger partial charge in [0.1, 0.15) is 0 Å². The van der Waals surface area contributed by atoms with E-state index in [1.807, 2.05) is 0 Å². The van der Waals surface area contributed by atoms with E-state index in [1.54, 1.807) is 26.0 Å². The molecule has 0 fully saturated rings. The molecule has 0 radical (unpaired) electrons. The van der Waals surface area contributed by atoms with E-state index in [1.165, 1.54) is 19.2 Å². The Balaban J connectivity index is 3.26. The van der Waals surface area contributed by atoms with E-state index >= 15 is 0 Å². The highest BCUT2D eigenvalue weighted by atomic mass is 79.9. The first kappa shape index (κ1) is 15.2. The molecule has 0 saturated heterocycles. The van der Waals surface area contributed by atoms with Crippen molar-refractivity contribution >= 4 is 31.7 Å². The minimum Gasteiger partial charge on any atom is -0.468 e. The third-order valence-corrected chi connectivity index (χ3v) is 5.38. The maximum atomic E-state index is 12.4. The predicted octanol–water partition coefficient (Wildman–Crippen LogP) is 2.42. The topological polar surface area (TPSA) is 60.4 Å². The molecule has 0 aliphatic carbocycles. The Hall–Kier alpha value is -0.880. The number of hydrogen-bond donors (Lipinski definition) is 0. The zero-order valence-corrected chi connectivity index (χ0v) is 12.8. The number of halogens is 1. The first-order chi connectivity index (χ1) is 8.30. The third kappa shape index (κ3) is 3.11. The number of methoxy groups -OCH3 is 1. The van der Waals surface area contributed by atoms with Crippen LogP contribution in [0.3, 0.4) is 0 Å². The molecule has 18 heavy (non-hydrogen) atoms. The van der Waals surface area contributed by atoms with Gasteiger partial charge >= 0.3 is 5.97 Å². The van der Waals surface area contributed by atoms with Crippen LogP contribution in [0.5, 0.6) is 0 Å². The van der Waals surface area contributed by atoms with Crippen molar-refractivity contribution < 1.29 is 17.9 Å². The largest absolute Gasteiger partial charge is 0.468 e. The van der Waals surface area contributed by atoms with Gasteiger partial charge in [-0.15, -0.1) is 0 Å². The average Bonchev–Trinajstić information content (AvgIpc) is 2.28. The molecule has 1 aromatic rings. The molecule has 0 aliphatic rings. The fourth-order valence-electron chi connectivity index (χ4n) is 1.64. The molecule has 1 rings (SSSR count). The van der Waals surface area contributed by atoms with Crippen LogP contribution in [-0.2, 0) is 19.4 Å². The number of hydrogen-bond acceptors (Lipinski definition) is 4. The lowest BCUT2D eigenvalue weighted by molar-refractivity contribution is -0.140. The molecule has 1 unspecified atom stereocenters. The van der Waals surface area contributed by atoms with Crippen molar-refractivity contribution in [3.63, 3.8) is 0 Å². The van der Waals surface area contributed by atoms with Crippen LogP contribution in [0, 0.1) is 5.92 Å². The van der Waals surface area contributed by atoms with Crippen molar-refractivity contribution in [3.05, 3.63) is 28.7 Å². The average molecular weight is 335 g/mol. The summed E-state index contributed by atoms with van der Waals surface area (Å²) in [6.07, 6.45) is 0. The quantitative estimate of drug-likeness (QED) is 0.793. The highest BCUT2D eigenvalue weighted by Crippen LogP contribution is 2.24. The third-order valence-electron chi connectivity index (χ3n) is 2.52. The monoisotopic (exact) mass is 334 g/mol. The van der Waals surface area contributed by atoms with Gasteiger partial charge < -0.3 is 4.74 Å². The minimum atomic E-state index is -3.72. The molecule has 0 saturated carbocycles. The van der Waals surface area contributed by atoms with Crippen molar-refractivity contribution in [2.75, 3.05) is 7.11 Å². The number of carbonyl (C=O) groups excluding carboxylic acids is 1. The van der Waals surface area contributed by atoms with Gasteiger partial charge in [0.25, 0.3) is 0 Å². The Labute approximate surface area is 115 Å². The second-order valence-electron chi connectivity index (χ2n) is 4.19. The Bertz CT molecular complexity index is 520. The van der Waals surface area contributed by atoms with Crippen LogP contribution in [-0.4, -0.2) is 26.7 Å². The molecule has 1 aromatic carbocycles. The van der Waals surface area contributed by atoms with E-state index in [0.29, 0.717) is 0 Å². The van der Waals surface area contributed by atoms with Crippen molar-refractivity contribution in [1.29, 1.82) is 0 Å². The van der Waals surface area contributed by atoms with Gasteiger partial charge in [-0.25, -0.2) is 8.42 Å². The van der Waals surface area contributed by atoms with Gasteiger partial charge in [0.15, 0.2) is 15.1 Å². The standard InChI is InChI=1S/C12H15BrO4S/c1-8(2)11(12(14)17-3)18(15,16)10-6-4-9(13)5-7-10/h4-8,11H,1-3H3. The Morgan fingerprint density at radius 2 is 1.72 bits per heavy atom.